The van der Waals surface area contributed by atoms with Gasteiger partial charge >= 0.3 is 5.69 Å². The summed E-state index contributed by atoms with van der Waals surface area (Å²) in [6, 6.07) is 7.00. The monoisotopic (exact) mass is 206 g/mol. The Morgan fingerprint density at radius 2 is 1.87 bits per heavy atom. The summed E-state index contributed by atoms with van der Waals surface area (Å²) in [4.78, 5) is 15.7. The van der Waals surface area contributed by atoms with Crippen molar-refractivity contribution in [2.75, 3.05) is 7.11 Å². The van der Waals surface area contributed by atoms with Crippen LogP contribution in [-0.4, -0.2) is 22.2 Å². The number of benzene rings is 1. The molecule has 0 radical (unpaired) electrons. The molecule has 0 saturated carbocycles. The van der Waals surface area contributed by atoms with Crippen LogP contribution >= 0.6 is 0 Å². The van der Waals surface area contributed by atoms with E-state index in [-0.39, 0.29) is 5.88 Å². The smallest absolute Gasteiger partial charge is 0.326 e. The molecule has 1 aromatic carbocycles. The highest BCUT2D eigenvalue weighted by Gasteiger charge is 2.07. The van der Waals surface area contributed by atoms with Gasteiger partial charge in [0.05, 0.1) is 7.11 Å². The summed E-state index contributed by atoms with van der Waals surface area (Å²) < 4.78 is 5.00. The highest BCUT2D eigenvalue weighted by atomic mass is 16.5. The zero-order valence-corrected chi connectivity index (χ0v) is 8.07. The first-order chi connectivity index (χ1) is 7.20. The molecule has 5 nitrogen and oxygen atoms in total. The number of nitrogens with one attached hydrogen (secondary N) is 2. The molecule has 0 atom stereocenters. The molecule has 0 bridgehead atoms. The van der Waals surface area contributed by atoms with Gasteiger partial charge in [0.15, 0.2) is 0 Å². The number of aromatic nitrogens is 2. The number of imidazole rings is 1. The van der Waals surface area contributed by atoms with Gasteiger partial charge in [-0.3, -0.25) is 4.98 Å². The lowest BCUT2D eigenvalue weighted by Gasteiger charge is -2.01. The summed E-state index contributed by atoms with van der Waals surface area (Å²) in [6.45, 7) is 0. The van der Waals surface area contributed by atoms with Gasteiger partial charge in [0.1, 0.15) is 11.4 Å². The van der Waals surface area contributed by atoms with Crippen molar-refractivity contribution >= 4 is 0 Å². The average molecular weight is 206 g/mol. The Kier molecular flexibility index (Phi) is 2.21. The third kappa shape index (κ3) is 1.71. The van der Waals surface area contributed by atoms with Gasteiger partial charge in [0.2, 0.25) is 5.88 Å². The Morgan fingerprint density at radius 1 is 1.20 bits per heavy atom. The molecular formula is C10H10N2O3. The van der Waals surface area contributed by atoms with E-state index in [1.54, 1.807) is 31.4 Å². The molecule has 2 aromatic rings. The lowest BCUT2D eigenvalue weighted by Crippen LogP contribution is -2.00. The van der Waals surface area contributed by atoms with Crippen molar-refractivity contribution in [2.24, 2.45) is 0 Å². The second-order valence-corrected chi connectivity index (χ2v) is 3.03. The van der Waals surface area contributed by atoms with E-state index in [4.69, 9.17) is 4.74 Å². The van der Waals surface area contributed by atoms with E-state index in [1.165, 1.54) is 0 Å². The lowest BCUT2D eigenvalue weighted by atomic mass is 10.1. The summed E-state index contributed by atoms with van der Waals surface area (Å²) in [7, 11) is 1.57. The van der Waals surface area contributed by atoms with Crippen molar-refractivity contribution in [3.8, 4) is 22.9 Å². The predicted octanol–water partition coefficient (Wildman–Crippen LogP) is 1.08. The van der Waals surface area contributed by atoms with Crippen molar-refractivity contribution in [2.45, 2.75) is 0 Å². The van der Waals surface area contributed by atoms with E-state index >= 15 is 0 Å². The Labute approximate surface area is 85.4 Å². The van der Waals surface area contributed by atoms with Crippen molar-refractivity contribution in [3.63, 3.8) is 0 Å². The van der Waals surface area contributed by atoms with Gasteiger partial charge in [-0.1, -0.05) is 0 Å². The first-order valence-electron chi connectivity index (χ1n) is 4.36. The fourth-order valence-corrected chi connectivity index (χ4v) is 1.34. The maximum absolute atomic E-state index is 10.9. The highest BCUT2D eigenvalue weighted by Crippen LogP contribution is 2.25. The van der Waals surface area contributed by atoms with Crippen LogP contribution in [0, 0.1) is 0 Å². The molecule has 0 aliphatic carbocycles. The molecule has 15 heavy (non-hydrogen) atoms. The second-order valence-electron chi connectivity index (χ2n) is 3.03. The molecule has 5 heteroatoms. The molecule has 0 spiro atoms. The molecule has 0 unspecified atom stereocenters. The first-order valence-corrected chi connectivity index (χ1v) is 4.36. The molecule has 0 aliphatic rings. The quantitative estimate of drug-likeness (QED) is 0.688. The van der Waals surface area contributed by atoms with Crippen molar-refractivity contribution in [1.29, 1.82) is 0 Å². The molecular weight excluding hydrogens is 196 g/mol. The fourth-order valence-electron chi connectivity index (χ4n) is 1.34. The molecule has 2 rings (SSSR count). The van der Waals surface area contributed by atoms with Crippen molar-refractivity contribution in [1.82, 2.24) is 9.97 Å². The molecule has 0 amide bonds. The Bertz CT molecular complexity index is 510. The molecule has 1 aromatic heterocycles. The summed E-state index contributed by atoms with van der Waals surface area (Å²) in [5.74, 6) is 0.557. The van der Waals surface area contributed by atoms with Gasteiger partial charge in [-0.05, 0) is 24.3 Å². The van der Waals surface area contributed by atoms with E-state index in [1.807, 2.05) is 0 Å². The van der Waals surface area contributed by atoms with Crippen LogP contribution in [0.3, 0.4) is 0 Å². The van der Waals surface area contributed by atoms with E-state index in [0.29, 0.717) is 11.3 Å². The van der Waals surface area contributed by atoms with Crippen LogP contribution in [0.5, 0.6) is 11.6 Å². The number of methoxy groups -OCH3 is 1. The summed E-state index contributed by atoms with van der Waals surface area (Å²) in [5.41, 5.74) is 0.660. The normalized spacial score (nSPS) is 10.2. The lowest BCUT2D eigenvalue weighted by molar-refractivity contribution is 0.415. The molecule has 0 aliphatic heterocycles. The van der Waals surface area contributed by atoms with Crippen LogP contribution in [0.15, 0.2) is 29.1 Å². The van der Waals surface area contributed by atoms with Gasteiger partial charge in [0, 0.05) is 5.56 Å². The Balaban J connectivity index is 2.45. The van der Waals surface area contributed by atoms with Crippen LogP contribution in [0.2, 0.25) is 0 Å². The van der Waals surface area contributed by atoms with Gasteiger partial charge in [-0.2, -0.15) is 0 Å². The number of H-pyrrole nitrogens is 2. The predicted molar refractivity (Wildman–Crippen MR) is 55.1 cm³/mol. The number of hydrogen-bond donors (Lipinski definition) is 3. The molecule has 0 saturated heterocycles. The standard InChI is InChI=1S/C10H10N2O3/c1-15-7-4-2-6(3-5-7)8-9(13)12-10(14)11-8/h2-5,13H,1H3,(H2,11,12,14). The third-order valence-corrected chi connectivity index (χ3v) is 2.09. The minimum atomic E-state index is -0.432. The summed E-state index contributed by atoms with van der Waals surface area (Å²) in [6.07, 6.45) is 0. The van der Waals surface area contributed by atoms with Gasteiger partial charge in [-0.25, -0.2) is 4.79 Å². The van der Waals surface area contributed by atoms with Crippen LogP contribution in [-0.2, 0) is 0 Å². The number of aromatic hydroxyl groups is 1. The molecule has 0 fully saturated rings. The number of rotatable bonds is 2. The zero-order valence-electron chi connectivity index (χ0n) is 8.07. The Morgan fingerprint density at radius 3 is 2.33 bits per heavy atom. The largest absolute Gasteiger partial charge is 0.497 e. The van der Waals surface area contributed by atoms with Gasteiger partial charge < -0.3 is 14.8 Å². The summed E-state index contributed by atoms with van der Waals surface area (Å²) >= 11 is 0. The maximum atomic E-state index is 10.9. The topological polar surface area (TPSA) is 78.1 Å². The maximum Gasteiger partial charge on any atom is 0.326 e. The van der Waals surface area contributed by atoms with Gasteiger partial charge in [-0.15, -0.1) is 0 Å². The first kappa shape index (κ1) is 9.39. The zero-order chi connectivity index (χ0) is 10.8. The SMILES string of the molecule is COc1ccc(-c2[nH]c(=O)[nH]c2O)cc1. The van der Waals surface area contributed by atoms with Crippen LogP contribution in [0.1, 0.15) is 0 Å². The van der Waals surface area contributed by atoms with Crippen LogP contribution < -0.4 is 10.4 Å². The van der Waals surface area contributed by atoms with Crippen molar-refractivity contribution in [3.05, 3.63) is 34.7 Å². The molecule has 1 heterocycles. The van der Waals surface area contributed by atoms with E-state index in [0.717, 1.165) is 5.75 Å². The van der Waals surface area contributed by atoms with E-state index in [2.05, 4.69) is 9.97 Å². The third-order valence-electron chi connectivity index (χ3n) is 2.09. The summed E-state index contributed by atoms with van der Waals surface area (Å²) in [5, 5.41) is 9.39. The second kappa shape index (κ2) is 3.53. The fraction of sp³-hybridized carbons (Fsp3) is 0.100. The average Bonchev–Trinajstić information content (AvgIpc) is 2.58. The number of aromatic amines is 2. The molecule has 3 N–H and O–H groups in total. The van der Waals surface area contributed by atoms with Crippen molar-refractivity contribution < 1.29 is 9.84 Å². The number of hydrogen-bond acceptors (Lipinski definition) is 3. The minimum absolute atomic E-state index is 0.162. The molecule has 78 valence electrons. The van der Waals surface area contributed by atoms with E-state index in [9.17, 15) is 9.90 Å². The minimum Gasteiger partial charge on any atom is -0.497 e. The number of ether oxygens (including phenoxy) is 1. The van der Waals surface area contributed by atoms with Crippen LogP contribution in [0.4, 0.5) is 0 Å². The van der Waals surface area contributed by atoms with Crippen LogP contribution in [0.25, 0.3) is 11.3 Å². The van der Waals surface area contributed by atoms with Gasteiger partial charge in [0.25, 0.3) is 0 Å². The highest BCUT2D eigenvalue weighted by molar-refractivity contribution is 5.64. The van der Waals surface area contributed by atoms with E-state index < -0.39 is 5.69 Å². The Hall–Kier alpha value is -2.17.